The summed E-state index contributed by atoms with van der Waals surface area (Å²) in [5.74, 6) is 0.630. The number of amides is 1. The average Bonchev–Trinajstić information content (AvgIpc) is 3.18. The molecule has 1 aliphatic heterocycles. The van der Waals surface area contributed by atoms with E-state index in [4.69, 9.17) is 14.5 Å². The van der Waals surface area contributed by atoms with E-state index in [0.29, 0.717) is 17.9 Å². The van der Waals surface area contributed by atoms with Crippen LogP contribution in [-0.2, 0) is 4.74 Å². The minimum Gasteiger partial charge on any atom is -0.497 e. The van der Waals surface area contributed by atoms with Crippen molar-refractivity contribution in [3.63, 3.8) is 0 Å². The van der Waals surface area contributed by atoms with Crippen molar-refractivity contribution in [2.45, 2.75) is 13.8 Å². The molecule has 1 fully saturated rings. The van der Waals surface area contributed by atoms with E-state index in [-0.39, 0.29) is 5.91 Å². The lowest BCUT2D eigenvalue weighted by Crippen LogP contribution is -3.14. The van der Waals surface area contributed by atoms with Gasteiger partial charge in [0.1, 0.15) is 18.8 Å². The third-order valence-corrected chi connectivity index (χ3v) is 6.72. The second-order valence-corrected chi connectivity index (χ2v) is 8.71. The van der Waals surface area contributed by atoms with Crippen LogP contribution in [-0.4, -0.2) is 57.4 Å². The molecule has 1 N–H and O–H groups in total. The molecular weight excluding hydrogens is 398 g/mol. The molecule has 6 nitrogen and oxygen atoms in total. The molecule has 0 bridgehead atoms. The summed E-state index contributed by atoms with van der Waals surface area (Å²) in [5.41, 5.74) is 3.94. The van der Waals surface area contributed by atoms with Crippen LogP contribution >= 0.6 is 11.3 Å². The van der Waals surface area contributed by atoms with Crippen LogP contribution in [0.2, 0.25) is 0 Å². The number of benzene rings is 2. The highest BCUT2D eigenvalue weighted by Crippen LogP contribution is 2.32. The molecular formula is C23H28N3O3S+. The van der Waals surface area contributed by atoms with Gasteiger partial charge in [0.15, 0.2) is 5.13 Å². The van der Waals surface area contributed by atoms with Gasteiger partial charge >= 0.3 is 0 Å². The van der Waals surface area contributed by atoms with Crippen LogP contribution in [0.25, 0.3) is 10.2 Å². The number of rotatable bonds is 6. The van der Waals surface area contributed by atoms with Crippen molar-refractivity contribution >= 4 is 32.6 Å². The third kappa shape index (κ3) is 4.48. The first-order valence-electron chi connectivity index (χ1n) is 10.3. The molecule has 7 heteroatoms. The van der Waals surface area contributed by atoms with Crippen molar-refractivity contribution in [3.05, 3.63) is 53.1 Å². The summed E-state index contributed by atoms with van der Waals surface area (Å²) in [6.07, 6.45) is 0. The second-order valence-electron chi connectivity index (χ2n) is 7.73. The zero-order valence-corrected chi connectivity index (χ0v) is 18.6. The van der Waals surface area contributed by atoms with Crippen molar-refractivity contribution in [2.24, 2.45) is 0 Å². The van der Waals surface area contributed by atoms with E-state index >= 15 is 0 Å². The summed E-state index contributed by atoms with van der Waals surface area (Å²) >= 11 is 1.59. The van der Waals surface area contributed by atoms with Crippen molar-refractivity contribution in [2.75, 3.05) is 51.4 Å². The van der Waals surface area contributed by atoms with Gasteiger partial charge in [-0.15, -0.1) is 0 Å². The fourth-order valence-corrected chi connectivity index (χ4v) is 4.90. The molecule has 1 saturated heterocycles. The monoisotopic (exact) mass is 426 g/mol. The Hall–Kier alpha value is -2.48. The standard InChI is InChI=1S/C23H27N3O3S/c1-16-13-17(2)21-20(14-16)24-23(30-21)26(8-7-25-9-11-29-12-10-25)22(27)18-5-4-6-19(15-18)28-3/h4-6,13-15H,7-12H2,1-3H3/p+1. The first-order valence-corrected chi connectivity index (χ1v) is 11.1. The number of nitrogens with zero attached hydrogens (tertiary/aromatic N) is 2. The predicted molar refractivity (Wildman–Crippen MR) is 120 cm³/mol. The highest BCUT2D eigenvalue weighted by molar-refractivity contribution is 7.22. The number of aryl methyl sites for hydroxylation is 2. The van der Waals surface area contributed by atoms with Crippen molar-refractivity contribution in [1.29, 1.82) is 0 Å². The maximum Gasteiger partial charge on any atom is 0.260 e. The Morgan fingerprint density at radius 1 is 1.23 bits per heavy atom. The summed E-state index contributed by atoms with van der Waals surface area (Å²) in [6, 6.07) is 11.6. The Kier molecular flexibility index (Phi) is 6.32. The van der Waals surface area contributed by atoms with Gasteiger partial charge in [0.25, 0.3) is 5.91 Å². The van der Waals surface area contributed by atoms with E-state index < -0.39 is 0 Å². The fourth-order valence-electron chi connectivity index (χ4n) is 3.86. The van der Waals surface area contributed by atoms with Gasteiger partial charge in [-0.25, -0.2) is 4.98 Å². The molecule has 1 aromatic heterocycles. The van der Waals surface area contributed by atoms with Crippen LogP contribution in [0.15, 0.2) is 36.4 Å². The molecule has 1 aliphatic rings. The number of hydrogen-bond donors (Lipinski definition) is 1. The number of methoxy groups -OCH3 is 1. The number of anilines is 1. The van der Waals surface area contributed by atoms with Gasteiger partial charge in [-0.1, -0.05) is 23.5 Å². The van der Waals surface area contributed by atoms with E-state index in [9.17, 15) is 4.79 Å². The Morgan fingerprint density at radius 3 is 2.80 bits per heavy atom. The number of quaternary nitrogens is 1. The molecule has 0 spiro atoms. The Morgan fingerprint density at radius 2 is 2.03 bits per heavy atom. The molecule has 1 amide bonds. The molecule has 0 aliphatic carbocycles. The van der Waals surface area contributed by atoms with Gasteiger partial charge in [0.05, 0.1) is 43.6 Å². The minimum absolute atomic E-state index is 0.0463. The molecule has 0 atom stereocenters. The lowest BCUT2D eigenvalue weighted by molar-refractivity contribution is -0.906. The first-order chi connectivity index (χ1) is 14.5. The lowest BCUT2D eigenvalue weighted by Gasteiger charge is -2.27. The summed E-state index contributed by atoms with van der Waals surface area (Å²) in [5, 5.41) is 0.749. The number of carbonyl (C=O) groups is 1. The van der Waals surface area contributed by atoms with Gasteiger partial charge in [0.2, 0.25) is 0 Å². The summed E-state index contributed by atoms with van der Waals surface area (Å²) in [6.45, 7) is 9.16. The lowest BCUT2D eigenvalue weighted by atomic mass is 10.1. The third-order valence-electron chi connectivity index (χ3n) is 5.49. The second kappa shape index (κ2) is 9.12. The largest absolute Gasteiger partial charge is 0.497 e. The molecule has 158 valence electrons. The molecule has 4 rings (SSSR count). The van der Waals surface area contributed by atoms with E-state index in [1.54, 1.807) is 24.5 Å². The van der Waals surface area contributed by atoms with Gasteiger partial charge in [-0.2, -0.15) is 0 Å². The normalized spacial score (nSPS) is 14.8. The smallest absolute Gasteiger partial charge is 0.260 e. The maximum atomic E-state index is 13.5. The van der Waals surface area contributed by atoms with Crippen LogP contribution in [0.4, 0.5) is 5.13 Å². The van der Waals surface area contributed by atoms with Gasteiger partial charge in [-0.3, -0.25) is 9.69 Å². The van der Waals surface area contributed by atoms with Crippen LogP contribution in [0.5, 0.6) is 5.75 Å². The quantitative estimate of drug-likeness (QED) is 0.658. The Bertz CT molecular complexity index is 1040. The number of aromatic nitrogens is 1. The molecule has 3 aromatic rings. The van der Waals surface area contributed by atoms with Crippen LogP contribution in [0.1, 0.15) is 21.5 Å². The number of thiazole rings is 1. The van der Waals surface area contributed by atoms with E-state index in [1.165, 1.54) is 16.0 Å². The van der Waals surface area contributed by atoms with Gasteiger partial charge in [-0.05, 0) is 49.2 Å². The summed E-state index contributed by atoms with van der Waals surface area (Å²) in [7, 11) is 1.61. The molecule has 2 aromatic carbocycles. The fraction of sp³-hybridized carbons (Fsp3) is 0.391. The molecule has 2 heterocycles. The Balaban J connectivity index is 1.67. The minimum atomic E-state index is -0.0463. The van der Waals surface area contributed by atoms with Crippen molar-refractivity contribution < 1.29 is 19.2 Å². The van der Waals surface area contributed by atoms with Gasteiger partial charge in [0, 0.05) is 5.56 Å². The van der Waals surface area contributed by atoms with Crippen LogP contribution < -0.4 is 14.5 Å². The number of hydrogen-bond acceptors (Lipinski definition) is 5. The zero-order valence-electron chi connectivity index (χ0n) is 17.7. The SMILES string of the molecule is COc1cccc(C(=O)N(CC[NH+]2CCOCC2)c2nc3cc(C)cc(C)c3s2)c1. The van der Waals surface area contributed by atoms with Crippen LogP contribution in [0, 0.1) is 13.8 Å². The topological polar surface area (TPSA) is 56.1 Å². The first kappa shape index (κ1) is 20.8. The van der Waals surface area contributed by atoms with Gasteiger partial charge < -0.3 is 14.4 Å². The summed E-state index contributed by atoms with van der Waals surface area (Å²) in [4.78, 5) is 21.7. The highest BCUT2D eigenvalue weighted by atomic mass is 32.1. The Labute approximate surface area is 181 Å². The molecule has 0 saturated carbocycles. The van der Waals surface area contributed by atoms with E-state index in [0.717, 1.165) is 48.2 Å². The number of nitrogens with one attached hydrogen (secondary N) is 1. The van der Waals surface area contributed by atoms with Crippen molar-refractivity contribution in [3.8, 4) is 5.75 Å². The molecule has 0 unspecified atom stereocenters. The molecule has 0 radical (unpaired) electrons. The number of fused-ring (bicyclic) bond motifs is 1. The zero-order chi connectivity index (χ0) is 21.1. The van der Waals surface area contributed by atoms with Crippen LogP contribution in [0.3, 0.4) is 0 Å². The average molecular weight is 427 g/mol. The number of morpholine rings is 1. The highest BCUT2D eigenvalue weighted by Gasteiger charge is 2.24. The number of carbonyl (C=O) groups excluding carboxylic acids is 1. The summed E-state index contributed by atoms with van der Waals surface area (Å²) < 4.78 is 11.9. The van der Waals surface area contributed by atoms with E-state index in [1.807, 2.05) is 23.1 Å². The van der Waals surface area contributed by atoms with E-state index in [2.05, 4.69) is 26.0 Å². The number of ether oxygens (including phenoxy) is 2. The van der Waals surface area contributed by atoms with Crippen molar-refractivity contribution in [1.82, 2.24) is 4.98 Å². The molecule has 30 heavy (non-hydrogen) atoms. The predicted octanol–water partition coefficient (Wildman–Crippen LogP) is 2.48. The maximum absolute atomic E-state index is 13.5.